The van der Waals surface area contributed by atoms with E-state index >= 15 is 0 Å². The van der Waals surface area contributed by atoms with Gasteiger partial charge in [-0.2, -0.15) is 0 Å². The lowest BCUT2D eigenvalue weighted by atomic mass is 9.28. The Morgan fingerprint density at radius 1 is 0.308 bits per heavy atom. The van der Waals surface area contributed by atoms with Gasteiger partial charge in [-0.25, -0.2) is 0 Å². The zero-order valence-electron chi connectivity index (χ0n) is 30.2. The van der Waals surface area contributed by atoms with Crippen molar-refractivity contribution in [2.24, 2.45) is 44.3 Å². The van der Waals surface area contributed by atoms with E-state index in [1.54, 1.807) is 0 Å². The first-order valence-corrected chi connectivity index (χ1v) is 19.7. The largest absolute Gasteiger partial charge is 0.0910 e. The van der Waals surface area contributed by atoms with Crippen LogP contribution in [0, 0.1) is 91.7 Å². The number of hydrogen-bond acceptors (Lipinski definition) is 0. The van der Waals surface area contributed by atoms with Crippen molar-refractivity contribution in [1.82, 2.24) is 0 Å². The van der Waals surface area contributed by atoms with Crippen LogP contribution in [0.4, 0.5) is 0 Å². The summed E-state index contributed by atoms with van der Waals surface area (Å²) in [5.74, 6) is 32.5. The minimum Gasteiger partial charge on any atom is -0.0910 e. The van der Waals surface area contributed by atoms with Gasteiger partial charge in [0.2, 0.25) is 0 Å². The van der Waals surface area contributed by atoms with Gasteiger partial charge in [0.1, 0.15) is 0 Å². The second-order valence-electron chi connectivity index (χ2n) is 18.2. The van der Waals surface area contributed by atoms with E-state index in [1.165, 1.54) is 64.2 Å². The molecule has 254 valence electrons. The van der Waals surface area contributed by atoms with E-state index in [4.69, 9.17) is 0 Å². The van der Waals surface area contributed by atoms with Crippen LogP contribution in [0.5, 0.6) is 0 Å². The monoisotopic (exact) mass is 670 g/mol. The zero-order valence-corrected chi connectivity index (χ0v) is 30.2. The van der Waals surface area contributed by atoms with Gasteiger partial charge in [0.05, 0.1) is 0 Å². The standard InChI is InChI=1S/C52H46/c1-5-13-41(14-6-1)21-25-47-29-45-30-48(35-47,26-22-42-15-7-2-8-16-42)38-51(33-45,37-47)52-34-46-31-49(39-52,27-23-43-17-9-3-10-18-43)36-50(32-46,40-52)28-24-44-19-11-4-12-20-44/h1-20,45-46H,29-40H2. The summed E-state index contributed by atoms with van der Waals surface area (Å²) < 4.78 is 0. The molecule has 0 amide bonds. The average molecular weight is 671 g/mol. The van der Waals surface area contributed by atoms with Gasteiger partial charge < -0.3 is 0 Å². The number of rotatable bonds is 1. The van der Waals surface area contributed by atoms with Gasteiger partial charge >= 0.3 is 0 Å². The van der Waals surface area contributed by atoms with Crippen LogP contribution in [-0.2, 0) is 0 Å². The smallest absolute Gasteiger partial charge is 0.0341 e. The van der Waals surface area contributed by atoms with Crippen molar-refractivity contribution in [1.29, 1.82) is 0 Å². The maximum atomic E-state index is 4.06. The van der Waals surface area contributed by atoms with Crippen molar-refractivity contribution in [3.05, 3.63) is 144 Å². The van der Waals surface area contributed by atoms with Crippen LogP contribution in [0.3, 0.4) is 0 Å². The summed E-state index contributed by atoms with van der Waals surface area (Å²) in [4.78, 5) is 0. The molecule has 12 rings (SSSR count). The van der Waals surface area contributed by atoms with Crippen molar-refractivity contribution in [3.63, 3.8) is 0 Å². The van der Waals surface area contributed by atoms with E-state index in [0.29, 0.717) is 11.8 Å². The Morgan fingerprint density at radius 2 is 0.558 bits per heavy atom. The van der Waals surface area contributed by atoms with Gasteiger partial charge in [-0.3, -0.25) is 0 Å². The molecule has 0 aromatic heterocycles. The van der Waals surface area contributed by atoms with Crippen molar-refractivity contribution in [2.45, 2.75) is 77.0 Å². The summed E-state index contributed by atoms with van der Waals surface area (Å²) in [5.41, 5.74) is 4.92. The second-order valence-corrected chi connectivity index (χ2v) is 18.2. The molecule has 0 spiro atoms. The highest BCUT2D eigenvalue weighted by Crippen LogP contribution is 2.82. The molecule has 52 heavy (non-hydrogen) atoms. The third-order valence-electron chi connectivity index (χ3n) is 14.2. The van der Waals surface area contributed by atoms with Crippen molar-refractivity contribution in [2.75, 3.05) is 0 Å². The second kappa shape index (κ2) is 11.8. The normalized spacial score (nSPS) is 36.9. The van der Waals surface area contributed by atoms with Crippen LogP contribution in [0.25, 0.3) is 0 Å². The highest BCUT2D eigenvalue weighted by Gasteiger charge is 2.74. The van der Waals surface area contributed by atoms with Gasteiger partial charge in [0.15, 0.2) is 0 Å². The van der Waals surface area contributed by atoms with Gasteiger partial charge in [-0.05, 0) is 148 Å². The average Bonchev–Trinajstić information content (AvgIpc) is 3.16. The minimum atomic E-state index is -0.00425. The first-order valence-electron chi connectivity index (χ1n) is 19.7. The van der Waals surface area contributed by atoms with Crippen LogP contribution >= 0.6 is 0 Å². The predicted octanol–water partition coefficient (Wildman–Crippen LogP) is 11.1. The van der Waals surface area contributed by atoms with Crippen LogP contribution < -0.4 is 0 Å². The van der Waals surface area contributed by atoms with Gasteiger partial charge in [-0.1, -0.05) is 120 Å². The molecule has 4 unspecified atom stereocenters. The summed E-state index contributed by atoms with van der Waals surface area (Å²) in [5, 5.41) is 0. The Bertz CT molecular complexity index is 1940. The molecule has 0 heteroatoms. The van der Waals surface area contributed by atoms with E-state index in [2.05, 4.69) is 169 Å². The van der Waals surface area contributed by atoms with Crippen molar-refractivity contribution >= 4 is 0 Å². The molecular formula is C52H46. The zero-order chi connectivity index (χ0) is 34.7. The molecule has 0 N–H and O–H groups in total. The molecule has 0 nitrogen and oxygen atoms in total. The molecule has 4 aromatic rings. The molecule has 0 heterocycles. The number of hydrogen-bond donors (Lipinski definition) is 0. The Kier molecular flexibility index (Phi) is 7.23. The van der Waals surface area contributed by atoms with Crippen LogP contribution in [0.2, 0.25) is 0 Å². The lowest BCUT2D eigenvalue weighted by Crippen LogP contribution is -2.67. The fourth-order valence-electron chi connectivity index (χ4n) is 13.5. The Hall–Kier alpha value is -4.88. The molecule has 0 saturated heterocycles. The summed E-state index contributed by atoms with van der Waals surface area (Å²) in [6.45, 7) is 0. The molecule has 4 aromatic carbocycles. The fourth-order valence-corrected chi connectivity index (χ4v) is 13.5. The van der Waals surface area contributed by atoms with Crippen LogP contribution in [-0.4, -0.2) is 0 Å². The van der Waals surface area contributed by atoms with Gasteiger partial charge in [0, 0.05) is 43.9 Å². The number of benzene rings is 4. The Morgan fingerprint density at radius 3 is 0.808 bits per heavy atom. The van der Waals surface area contributed by atoms with Crippen molar-refractivity contribution in [3.8, 4) is 47.4 Å². The third-order valence-corrected chi connectivity index (χ3v) is 14.2. The molecule has 8 aliphatic rings. The third kappa shape index (κ3) is 5.52. The van der Waals surface area contributed by atoms with Crippen molar-refractivity contribution < 1.29 is 0 Å². The topological polar surface area (TPSA) is 0 Å². The summed E-state index contributed by atoms with van der Waals surface area (Å²) >= 11 is 0. The van der Waals surface area contributed by atoms with E-state index in [9.17, 15) is 0 Å². The quantitative estimate of drug-likeness (QED) is 0.177. The molecule has 8 aliphatic carbocycles. The Balaban J connectivity index is 1.12. The SMILES string of the molecule is C(#CC12CC3CC(C#Cc4ccccc4)(C1)CC(C14CC5CC(C#Cc6ccccc6)(CC(C#Cc6ccccc6)(C5)C1)C4)(C3)C2)c1ccccc1. The lowest BCUT2D eigenvalue weighted by molar-refractivity contribution is -0.241. The van der Waals surface area contributed by atoms with E-state index in [0.717, 1.165) is 35.1 Å². The molecule has 8 bridgehead atoms. The molecule has 0 aliphatic heterocycles. The summed E-state index contributed by atoms with van der Waals surface area (Å²) in [6.07, 6.45) is 14.6. The molecular weight excluding hydrogens is 625 g/mol. The molecule has 4 atom stereocenters. The van der Waals surface area contributed by atoms with E-state index in [1.807, 2.05) is 0 Å². The molecule has 0 radical (unpaired) electrons. The van der Waals surface area contributed by atoms with Crippen LogP contribution in [0.15, 0.2) is 121 Å². The molecule has 8 saturated carbocycles. The maximum Gasteiger partial charge on any atom is 0.0341 e. The highest BCUT2D eigenvalue weighted by atomic mass is 14.8. The molecule has 8 fully saturated rings. The summed E-state index contributed by atoms with van der Waals surface area (Å²) in [7, 11) is 0. The maximum absolute atomic E-state index is 4.06. The van der Waals surface area contributed by atoms with E-state index in [-0.39, 0.29) is 32.5 Å². The minimum absolute atomic E-state index is 0.00425. The predicted molar refractivity (Wildman–Crippen MR) is 210 cm³/mol. The lowest BCUT2D eigenvalue weighted by Gasteiger charge is -2.75. The first-order chi connectivity index (χ1) is 25.4. The summed E-state index contributed by atoms with van der Waals surface area (Å²) in [6, 6.07) is 42.8. The van der Waals surface area contributed by atoms with Gasteiger partial charge in [0.25, 0.3) is 0 Å². The Labute approximate surface area is 311 Å². The highest BCUT2D eigenvalue weighted by molar-refractivity contribution is 5.44. The van der Waals surface area contributed by atoms with Crippen LogP contribution in [0.1, 0.15) is 99.3 Å². The fraction of sp³-hybridized carbons (Fsp3) is 0.385. The first kappa shape index (κ1) is 31.8. The van der Waals surface area contributed by atoms with Gasteiger partial charge in [-0.15, -0.1) is 0 Å². The van der Waals surface area contributed by atoms with E-state index < -0.39 is 0 Å².